The first-order chi connectivity index (χ1) is 14.1. The average Bonchev–Trinajstić information content (AvgIpc) is 3.27. The van der Waals surface area contributed by atoms with Crippen LogP contribution in [0.5, 0.6) is 0 Å². The minimum Gasteiger partial charge on any atom is -0.350 e. The molecule has 0 radical (unpaired) electrons. The molecular formula is C22H29N5OS. The van der Waals surface area contributed by atoms with Crippen LogP contribution in [0.25, 0.3) is 15.9 Å². The molecule has 0 aromatic carbocycles. The van der Waals surface area contributed by atoms with Crippen molar-refractivity contribution < 1.29 is 4.79 Å². The number of thiophene rings is 1. The van der Waals surface area contributed by atoms with E-state index in [0.29, 0.717) is 6.54 Å². The molecule has 1 saturated heterocycles. The summed E-state index contributed by atoms with van der Waals surface area (Å²) >= 11 is 1.47. The second kappa shape index (κ2) is 8.65. The molecule has 1 fully saturated rings. The van der Waals surface area contributed by atoms with E-state index in [4.69, 9.17) is 0 Å². The van der Waals surface area contributed by atoms with E-state index < -0.39 is 0 Å². The van der Waals surface area contributed by atoms with E-state index in [-0.39, 0.29) is 5.91 Å². The minimum absolute atomic E-state index is 0.0114. The van der Waals surface area contributed by atoms with Crippen LogP contribution in [-0.4, -0.2) is 71.1 Å². The average molecular weight is 412 g/mol. The third kappa shape index (κ3) is 4.08. The van der Waals surface area contributed by atoms with Crippen molar-refractivity contribution in [3.63, 3.8) is 0 Å². The number of pyridine rings is 1. The van der Waals surface area contributed by atoms with Crippen molar-refractivity contribution >= 4 is 27.5 Å². The highest BCUT2D eigenvalue weighted by Gasteiger charge is 2.22. The number of nitrogens with one attached hydrogen (secondary N) is 1. The zero-order valence-electron chi connectivity index (χ0n) is 17.4. The van der Waals surface area contributed by atoms with Gasteiger partial charge in [0.05, 0.1) is 5.69 Å². The molecule has 0 unspecified atom stereocenters. The van der Waals surface area contributed by atoms with E-state index in [1.807, 2.05) is 6.07 Å². The van der Waals surface area contributed by atoms with Crippen LogP contribution in [0.4, 0.5) is 0 Å². The van der Waals surface area contributed by atoms with E-state index in [9.17, 15) is 4.79 Å². The molecular weight excluding hydrogens is 382 g/mol. The molecule has 154 valence electrons. The van der Waals surface area contributed by atoms with Crippen molar-refractivity contribution in [2.75, 3.05) is 45.8 Å². The maximum Gasteiger partial charge on any atom is 0.263 e. The lowest BCUT2D eigenvalue weighted by Crippen LogP contribution is -2.48. The van der Waals surface area contributed by atoms with Gasteiger partial charge in [-0.25, -0.2) is 4.98 Å². The predicted octanol–water partition coefficient (Wildman–Crippen LogP) is 3.07. The highest BCUT2D eigenvalue weighted by Crippen LogP contribution is 2.34. The summed E-state index contributed by atoms with van der Waals surface area (Å²) in [5.41, 5.74) is 3.19. The zero-order valence-corrected chi connectivity index (χ0v) is 18.3. The molecule has 1 aliphatic heterocycles. The predicted molar refractivity (Wildman–Crippen MR) is 119 cm³/mol. The fourth-order valence-corrected chi connectivity index (χ4v) is 5.10. The Morgan fingerprint density at radius 1 is 1.10 bits per heavy atom. The number of piperazine rings is 1. The molecule has 1 amide bonds. The zero-order chi connectivity index (χ0) is 20.4. The summed E-state index contributed by atoms with van der Waals surface area (Å²) in [4.78, 5) is 24.1. The largest absolute Gasteiger partial charge is 0.350 e. The number of rotatable bonds is 6. The molecule has 3 aromatic heterocycles. The molecule has 0 aliphatic carbocycles. The summed E-state index contributed by atoms with van der Waals surface area (Å²) < 4.78 is 2.17. The van der Waals surface area contributed by atoms with Crippen molar-refractivity contribution in [2.45, 2.75) is 20.8 Å². The lowest BCUT2D eigenvalue weighted by Gasteiger charge is -2.33. The van der Waals surface area contributed by atoms with E-state index in [1.54, 1.807) is 6.20 Å². The maximum absolute atomic E-state index is 13.1. The summed E-state index contributed by atoms with van der Waals surface area (Å²) in [5, 5.41) is 4.18. The molecule has 29 heavy (non-hydrogen) atoms. The van der Waals surface area contributed by atoms with Gasteiger partial charge in [0.15, 0.2) is 0 Å². The van der Waals surface area contributed by atoms with Gasteiger partial charge in [0.2, 0.25) is 0 Å². The molecule has 0 bridgehead atoms. The number of likely N-dealkylation sites (N-methyl/N-ethyl adjacent to an activating group) is 1. The SMILES string of the molecule is CCN1CCN(CCNC(=O)c2sc3ncccc3c2-n2c(C)ccc2C)CC1. The number of hydrogen-bond acceptors (Lipinski definition) is 5. The van der Waals surface area contributed by atoms with Crippen molar-refractivity contribution in [3.05, 3.63) is 46.7 Å². The van der Waals surface area contributed by atoms with Gasteiger partial charge in [0.25, 0.3) is 5.91 Å². The van der Waals surface area contributed by atoms with Crippen LogP contribution in [0, 0.1) is 13.8 Å². The summed E-state index contributed by atoms with van der Waals surface area (Å²) in [6.45, 7) is 13.4. The van der Waals surface area contributed by atoms with Crippen LogP contribution >= 0.6 is 11.3 Å². The van der Waals surface area contributed by atoms with E-state index in [2.05, 4.69) is 63.6 Å². The highest BCUT2D eigenvalue weighted by atomic mass is 32.1. The molecule has 0 saturated carbocycles. The topological polar surface area (TPSA) is 53.4 Å². The quantitative estimate of drug-likeness (QED) is 0.677. The van der Waals surface area contributed by atoms with Crippen molar-refractivity contribution in [2.24, 2.45) is 0 Å². The van der Waals surface area contributed by atoms with Crippen molar-refractivity contribution in [1.29, 1.82) is 0 Å². The summed E-state index contributed by atoms with van der Waals surface area (Å²) in [6.07, 6.45) is 1.79. The Hall–Kier alpha value is -2.22. The number of amides is 1. The monoisotopic (exact) mass is 411 g/mol. The Labute approximate surface area is 176 Å². The van der Waals surface area contributed by atoms with Crippen molar-refractivity contribution in [1.82, 2.24) is 24.7 Å². The fourth-order valence-electron chi connectivity index (χ4n) is 4.05. The van der Waals surface area contributed by atoms with Gasteiger partial charge < -0.3 is 14.8 Å². The van der Waals surface area contributed by atoms with Crippen LogP contribution in [0.1, 0.15) is 28.0 Å². The number of carbonyl (C=O) groups excluding carboxylic acids is 1. The molecule has 0 atom stereocenters. The van der Waals surface area contributed by atoms with Gasteiger partial charge in [-0.2, -0.15) is 0 Å². The molecule has 3 aromatic rings. The van der Waals surface area contributed by atoms with E-state index >= 15 is 0 Å². The Balaban J connectivity index is 1.52. The first-order valence-electron chi connectivity index (χ1n) is 10.3. The number of hydrogen-bond donors (Lipinski definition) is 1. The molecule has 0 spiro atoms. The minimum atomic E-state index is -0.0114. The smallest absolute Gasteiger partial charge is 0.263 e. The van der Waals surface area contributed by atoms with Gasteiger partial charge in [0, 0.05) is 62.2 Å². The second-order valence-electron chi connectivity index (χ2n) is 7.62. The third-order valence-electron chi connectivity index (χ3n) is 5.77. The Bertz CT molecular complexity index is 980. The lowest BCUT2D eigenvalue weighted by molar-refractivity contribution is 0.0942. The number of aromatic nitrogens is 2. The molecule has 1 N–H and O–H groups in total. The first-order valence-corrected chi connectivity index (χ1v) is 11.2. The van der Waals surface area contributed by atoms with E-state index in [0.717, 1.165) is 71.4 Å². The fraction of sp³-hybridized carbons (Fsp3) is 0.455. The Morgan fingerprint density at radius 3 is 2.48 bits per heavy atom. The first kappa shape index (κ1) is 20.1. The Morgan fingerprint density at radius 2 is 1.79 bits per heavy atom. The normalized spacial score (nSPS) is 15.8. The van der Waals surface area contributed by atoms with Gasteiger partial charge in [0.1, 0.15) is 9.71 Å². The van der Waals surface area contributed by atoms with Crippen LogP contribution in [0.15, 0.2) is 30.5 Å². The van der Waals surface area contributed by atoms with Crippen LogP contribution in [0.2, 0.25) is 0 Å². The van der Waals surface area contributed by atoms with Gasteiger partial charge in [-0.05, 0) is 44.7 Å². The van der Waals surface area contributed by atoms with Gasteiger partial charge in [-0.15, -0.1) is 11.3 Å². The van der Waals surface area contributed by atoms with Crippen molar-refractivity contribution in [3.8, 4) is 5.69 Å². The lowest BCUT2D eigenvalue weighted by atomic mass is 10.2. The molecule has 4 heterocycles. The number of aryl methyl sites for hydroxylation is 2. The van der Waals surface area contributed by atoms with Gasteiger partial charge in [-0.3, -0.25) is 9.69 Å². The van der Waals surface area contributed by atoms with E-state index in [1.165, 1.54) is 11.3 Å². The standard InChI is InChI=1S/C22H29N5OS/c1-4-25-12-14-26(15-13-25)11-10-23-21(28)20-19(27-16(2)7-8-17(27)3)18-6-5-9-24-22(18)29-20/h5-9H,4,10-15H2,1-3H3,(H,23,28). The highest BCUT2D eigenvalue weighted by molar-refractivity contribution is 7.21. The number of carbonyl (C=O) groups is 1. The van der Waals surface area contributed by atoms with Crippen LogP contribution < -0.4 is 5.32 Å². The molecule has 6 nitrogen and oxygen atoms in total. The second-order valence-corrected chi connectivity index (χ2v) is 8.62. The summed E-state index contributed by atoms with van der Waals surface area (Å²) in [5.74, 6) is -0.0114. The molecule has 7 heteroatoms. The van der Waals surface area contributed by atoms with Crippen LogP contribution in [0.3, 0.4) is 0 Å². The summed E-state index contributed by atoms with van der Waals surface area (Å²) in [7, 11) is 0. The van der Waals surface area contributed by atoms with Gasteiger partial charge >= 0.3 is 0 Å². The number of nitrogens with zero attached hydrogens (tertiary/aromatic N) is 4. The molecule has 4 rings (SSSR count). The summed E-state index contributed by atoms with van der Waals surface area (Å²) in [6, 6.07) is 8.17. The van der Waals surface area contributed by atoms with Gasteiger partial charge in [-0.1, -0.05) is 6.92 Å². The third-order valence-corrected chi connectivity index (χ3v) is 6.87. The molecule has 1 aliphatic rings. The van der Waals surface area contributed by atoms with Crippen LogP contribution in [-0.2, 0) is 0 Å². The number of fused-ring (bicyclic) bond motifs is 1. The maximum atomic E-state index is 13.1. The Kier molecular flexibility index (Phi) is 5.99.